The summed E-state index contributed by atoms with van der Waals surface area (Å²) in [4.78, 5) is 2.31. The predicted molar refractivity (Wildman–Crippen MR) is 166 cm³/mol. The molecule has 0 atom stereocenters. The first-order valence-corrected chi connectivity index (χ1v) is 13.1. The molecule has 0 N–H and O–H groups in total. The predicted octanol–water partition coefficient (Wildman–Crippen LogP) is 10.6. The Hall–Kier alpha value is -4.62. The van der Waals surface area contributed by atoms with E-state index in [1.165, 1.54) is 39.0 Å². The number of benzene rings is 5. The normalized spacial score (nSPS) is 11.9. The fourth-order valence-electron chi connectivity index (χ4n) is 4.65. The monoisotopic (exact) mass is 491 g/mol. The first kappa shape index (κ1) is 25.0. The van der Waals surface area contributed by atoms with E-state index >= 15 is 0 Å². The van der Waals surface area contributed by atoms with Crippen LogP contribution in [0.4, 0.5) is 17.1 Å². The lowest BCUT2D eigenvalue weighted by molar-refractivity contribution is 1.27. The van der Waals surface area contributed by atoms with Crippen molar-refractivity contribution >= 4 is 40.4 Å². The Labute approximate surface area is 227 Å². The van der Waals surface area contributed by atoms with Crippen LogP contribution in [0.2, 0.25) is 0 Å². The highest BCUT2D eigenvalue weighted by Gasteiger charge is 2.12. The summed E-state index contributed by atoms with van der Waals surface area (Å²) >= 11 is 0. The van der Waals surface area contributed by atoms with Crippen LogP contribution in [-0.4, -0.2) is 0 Å². The highest BCUT2D eigenvalue weighted by Crippen LogP contribution is 2.35. The maximum atomic E-state index is 2.31. The molecule has 0 unspecified atom stereocenters. The van der Waals surface area contributed by atoms with E-state index in [1.54, 1.807) is 0 Å². The van der Waals surface area contributed by atoms with E-state index in [0.29, 0.717) is 0 Å². The van der Waals surface area contributed by atoms with Crippen molar-refractivity contribution in [3.05, 3.63) is 161 Å². The Balaban J connectivity index is 1.45. The average molecular weight is 492 g/mol. The summed E-state index contributed by atoms with van der Waals surface area (Å²) in [5.74, 6) is 0. The van der Waals surface area contributed by atoms with E-state index in [4.69, 9.17) is 0 Å². The van der Waals surface area contributed by atoms with Crippen molar-refractivity contribution in [2.45, 2.75) is 20.8 Å². The number of hydrogen-bond donors (Lipinski definition) is 0. The molecule has 5 aromatic carbocycles. The van der Waals surface area contributed by atoms with Gasteiger partial charge in [0.25, 0.3) is 0 Å². The minimum Gasteiger partial charge on any atom is -0.311 e. The average Bonchev–Trinajstić information content (AvgIpc) is 2.97. The van der Waals surface area contributed by atoms with Gasteiger partial charge in [0.1, 0.15) is 0 Å². The van der Waals surface area contributed by atoms with Crippen molar-refractivity contribution in [3.63, 3.8) is 0 Å². The van der Waals surface area contributed by atoms with Crippen molar-refractivity contribution in [1.82, 2.24) is 0 Å². The fourth-order valence-corrected chi connectivity index (χ4v) is 4.65. The Bertz CT molecular complexity index is 1430. The lowest BCUT2D eigenvalue weighted by Crippen LogP contribution is -2.09. The molecule has 0 fully saturated rings. The fraction of sp³-hybridized carbons (Fsp3) is 0.0811. The number of nitrogens with zero attached hydrogens (tertiary/aromatic N) is 1. The Kier molecular flexibility index (Phi) is 7.66. The molecule has 0 aliphatic rings. The molecule has 0 saturated carbocycles. The van der Waals surface area contributed by atoms with Gasteiger partial charge in [-0.05, 0) is 90.6 Å². The highest BCUT2D eigenvalue weighted by atomic mass is 15.1. The second kappa shape index (κ2) is 11.6. The minimum atomic E-state index is 1.13. The van der Waals surface area contributed by atoms with E-state index in [1.807, 2.05) is 0 Å². The van der Waals surface area contributed by atoms with Gasteiger partial charge in [-0.2, -0.15) is 0 Å². The van der Waals surface area contributed by atoms with E-state index in [9.17, 15) is 0 Å². The van der Waals surface area contributed by atoms with Gasteiger partial charge in [-0.15, -0.1) is 0 Å². The molecule has 38 heavy (non-hydrogen) atoms. The third-order valence-corrected chi connectivity index (χ3v) is 6.82. The van der Waals surface area contributed by atoms with Crippen LogP contribution in [0.25, 0.3) is 23.3 Å². The van der Waals surface area contributed by atoms with Gasteiger partial charge in [0.15, 0.2) is 0 Å². The molecular weight excluding hydrogens is 458 g/mol. The van der Waals surface area contributed by atoms with Crippen LogP contribution in [0.1, 0.15) is 41.7 Å². The SMILES string of the molecule is CC(=Cc1ccc(N(c2ccc(C)cc2)c2ccc(C=C(C)c3ccccc3)cc2)cc1)c1ccccc1. The van der Waals surface area contributed by atoms with Gasteiger partial charge in [0, 0.05) is 17.1 Å². The first-order valence-electron chi connectivity index (χ1n) is 13.1. The van der Waals surface area contributed by atoms with E-state index in [-0.39, 0.29) is 0 Å². The number of allylic oxidation sites excluding steroid dienone is 2. The van der Waals surface area contributed by atoms with Crippen LogP contribution in [0, 0.1) is 6.92 Å². The maximum Gasteiger partial charge on any atom is 0.0462 e. The summed E-state index contributed by atoms with van der Waals surface area (Å²) in [6, 6.07) is 47.4. The van der Waals surface area contributed by atoms with E-state index < -0.39 is 0 Å². The molecule has 0 saturated heterocycles. The third kappa shape index (κ3) is 6.02. The standard InChI is InChI=1S/C37H33N/c1-28-14-20-35(21-15-28)38(36-22-16-31(17-23-36)26-29(2)33-10-6-4-7-11-33)37-24-18-32(19-25-37)27-30(3)34-12-8-5-9-13-34/h4-27H,1-3H3. The molecule has 0 heterocycles. The molecule has 1 heteroatoms. The Morgan fingerprint density at radius 2 is 0.789 bits per heavy atom. The van der Waals surface area contributed by atoms with Crippen LogP contribution in [0.15, 0.2) is 133 Å². The second-order valence-corrected chi connectivity index (χ2v) is 9.74. The zero-order chi connectivity index (χ0) is 26.3. The lowest BCUT2D eigenvalue weighted by Gasteiger charge is -2.26. The molecular formula is C37H33N. The largest absolute Gasteiger partial charge is 0.311 e. The Morgan fingerprint density at radius 3 is 1.16 bits per heavy atom. The molecule has 186 valence electrons. The number of rotatable bonds is 7. The maximum absolute atomic E-state index is 2.31. The molecule has 0 aromatic heterocycles. The van der Waals surface area contributed by atoms with Crippen molar-refractivity contribution in [3.8, 4) is 0 Å². The van der Waals surface area contributed by atoms with Crippen LogP contribution in [0.5, 0.6) is 0 Å². The molecule has 0 radical (unpaired) electrons. The molecule has 5 rings (SSSR count). The summed E-state index contributed by atoms with van der Waals surface area (Å²) in [6.07, 6.45) is 4.48. The Morgan fingerprint density at radius 1 is 0.447 bits per heavy atom. The number of aryl methyl sites for hydroxylation is 1. The summed E-state index contributed by atoms with van der Waals surface area (Å²) in [5.41, 5.74) is 12.0. The van der Waals surface area contributed by atoms with Gasteiger partial charge in [0.05, 0.1) is 0 Å². The molecule has 0 aliphatic heterocycles. The van der Waals surface area contributed by atoms with Crippen molar-refractivity contribution in [1.29, 1.82) is 0 Å². The lowest BCUT2D eigenvalue weighted by atomic mass is 10.0. The molecule has 0 bridgehead atoms. The highest BCUT2D eigenvalue weighted by molar-refractivity contribution is 5.83. The van der Waals surface area contributed by atoms with E-state index in [0.717, 1.165) is 17.1 Å². The van der Waals surface area contributed by atoms with Crippen LogP contribution >= 0.6 is 0 Å². The van der Waals surface area contributed by atoms with Gasteiger partial charge in [0.2, 0.25) is 0 Å². The molecule has 0 aliphatic carbocycles. The van der Waals surface area contributed by atoms with Crippen molar-refractivity contribution in [2.75, 3.05) is 4.90 Å². The van der Waals surface area contributed by atoms with Gasteiger partial charge in [-0.3, -0.25) is 0 Å². The summed E-state index contributed by atoms with van der Waals surface area (Å²) in [7, 11) is 0. The zero-order valence-corrected chi connectivity index (χ0v) is 22.3. The molecule has 0 amide bonds. The third-order valence-electron chi connectivity index (χ3n) is 6.82. The number of hydrogen-bond acceptors (Lipinski definition) is 1. The van der Waals surface area contributed by atoms with Gasteiger partial charge in [-0.1, -0.05) is 115 Å². The molecule has 1 nitrogen and oxygen atoms in total. The topological polar surface area (TPSA) is 3.24 Å². The molecule has 5 aromatic rings. The summed E-state index contributed by atoms with van der Waals surface area (Å²) in [6.45, 7) is 6.45. The van der Waals surface area contributed by atoms with Crippen LogP contribution in [-0.2, 0) is 0 Å². The summed E-state index contributed by atoms with van der Waals surface area (Å²) in [5, 5.41) is 0. The van der Waals surface area contributed by atoms with Crippen LogP contribution < -0.4 is 4.90 Å². The van der Waals surface area contributed by atoms with Crippen molar-refractivity contribution < 1.29 is 0 Å². The summed E-state index contributed by atoms with van der Waals surface area (Å²) < 4.78 is 0. The number of anilines is 3. The zero-order valence-electron chi connectivity index (χ0n) is 22.3. The van der Waals surface area contributed by atoms with Crippen LogP contribution in [0.3, 0.4) is 0 Å². The van der Waals surface area contributed by atoms with Gasteiger partial charge in [-0.25, -0.2) is 0 Å². The smallest absolute Gasteiger partial charge is 0.0462 e. The minimum absolute atomic E-state index is 1.13. The van der Waals surface area contributed by atoms with Gasteiger partial charge < -0.3 is 4.90 Å². The quantitative estimate of drug-likeness (QED) is 0.205. The van der Waals surface area contributed by atoms with Gasteiger partial charge >= 0.3 is 0 Å². The second-order valence-electron chi connectivity index (χ2n) is 9.74. The first-order chi connectivity index (χ1) is 18.6. The van der Waals surface area contributed by atoms with Crippen molar-refractivity contribution in [2.24, 2.45) is 0 Å². The molecule has 0 spiro atoms. The van der Waals surface area contributed by atoms with E-state index in [2.05, 4.69) is 171 Å².